The Morgan fingerprint density at radius 1 is 1.12 bits per heavy atom. The molecule has 2 bridgehead atoms. The number of hydrogen-bond donors (Lipinski definition) is 0. The summed E-state index contributed by atoms with van der Waals surface area (Å²) in [6.45, 7) is 6.12. The van der Waals surface area contributed by atoms with Crippen molar-refractivity contribution in [2.45, 2.75) is 82.5 Å². The second-order valence-electron chi connectivity index (χ2n) is 8.39. The Morgan fingerprint density at radius 3 is 2.35 bits per heavy atom. The third kappa shape index (κ3) is 3.67. The van der Waals surface area contributed by atoms with Crippen molar-refractivity contribution < 1.29 is 19.0 Å². The third-order valence-corrected chi connectivity index (χ3v) is 6.52. The molecule has 0 N–H and O–H groups in total. The number of esters is 1. The second-order valence-corrected chi connectivity index (χ2v) is 8.39. The highest BCUT2D eigenvalue weighted by molar-refractivity contribution is 5.78. The van der Waals surface area contributed by atoms with Crippen LogP contribution in [0.5, 0.6) is 0 Å². The molecular weight excluding hydrogens is 328 g/mol. The Bertz CT molecular complexity index is 625. The molecule has 4 rings (SSSR count). The van der Waals surface area contributed by atoms with Crippen LogP contribution in [0.25, 0.3) is 0 Å². The molecule has 0 atom stereocenters. The summed E-state index contributed by atoms with van der Waals surface area (Å²) in [6, 6.07) is 8.72. The van der Waals surface area contributed by atoms with Crippen LogP contribution in [0.1, 0.15) is 70.4 Å². The van der Waals surface area contributed by atoms with Crippen LogP contribution < -0.4 is 0 Å². The van der Waals surface area contributed by atoms with Crippen molar-refractivity contribution in [2.75, 3.05) is 13.7 Å². The molecule has 0 spiro atoms. The first kappa shape index (κ1) is 19.4. The van der Waals surface area contributed by atoms with E-state index in [4.69, 9.17) is 14.2 Å². The Morgan fingerprint density at radius 2 is 1.77 bits per heavy atom. The van der Waals surface area contributed by atoms with E-state index in [9.17, 15) is 4.79 Å². The molecule has 3 aliphatic carbocycles. The van der Waals surface area contributed by atoms with Gasteiger partial charge in [0.2, 0.25) is 0 Å². The van der Waals surface area contributed by atoms with Gasteiger partial charge in [-0.3, -0.25) is 0 Å². The molecule has 3 saturated carbocycles. The van der Waals surface area contributed by atoms with Gasteiger partial charge >= 0.3 is 5.97 Å². The van der Waals surface area contributed by atoms with Crippen molar-refractivity contribution in [3.63, 3.8) is 0 Å². The lowest BCUT2D eigenvalue weighted by Crippen LogP contribution is -2.49. The zero-order valence-corrected chi connectivity index (χ0v) is 16.6. The number of benzene rings is 1. The summed E-state index contributed by atoms with van der Waals surface area (Å²) in [5.41, 5.74) is 2.01. The number of ether oxygens (including phenoxy) is 3. The van der Waals surface area contributed by atoms with Gasteiger partial charge in [0, 0.05) is 7.11 Å². The van der Waals surface area contributed by atoms with E-state index in [-0.39, 0.29) is 17.0 Å². The van der Waals surface area contributed by atoms with E-state index in [0.29, 0.717) is 13.2 Å². The molecule has 0 radical (unpaired) electrons. The molecule has 0 amide bonds. The number of methoxy groups -OCH3 is 1. The molecule has 0 aliphatic heterocycles. The van der Waals surface area contributed by atoms with Crippen molar-refractivity contribution in [2.24, 2.45) is 0 Å². The molecule has 3 aliphatic rings. The first-order valence-corrected chi connectivity index (χ1v) is 9.81. The lowest BCUT2D eigenvalue weighted by molar-refractivity contribution is -0.169. The molecule has 26 heavy (non-hydrogen) atoms. The third-order valence-electron chi connectivity index (χ3n) is 6.52. The van der Waals surface area contributed by atoms with E-state index in [1.807, 2.05) is 14.0 Å². The normalized spacial score (nSPS) is 28.2. The number of hydrogen-bond acceptors (Lipinski definition) is 4. The van der Waals surface area contributed by atoms with E-state index in [1.165, 1.54) is 24.8 Å². The minimum absolute atomic E-state index is 0.131. The monoisotopic (exact) mass is 360 g/mol. The first-order chi connectivity index (χ1) is 12.3. The van der Waals surface area contributed by atoms with Crippen LogP contribution in [-0.2, 0) is 31.0 Å². The molecule has 4 nitrogen and oxygen atoms in total. The van der Waals surface area contributed by atoms with Crippen molar-refractivity contribution in [1.82, 2.24) is 0 Å². The minimum Gasteiger partial charge on any atom is -0.464 e. The number of carbonyl (C=O) groups excluding carboxylic acids is 1. The van der Waals surface area contributed by atoms with Gasteiger partial charge in [-0.05, 0) is 75.8 Å². The summed E-state index contributed by atoms with van der Waals surface area (Å²) in [5.74, 6) is -0.315. The zero-order chi connectivity index (χ0) is 18.8. The van der Waals surface area contributed by atoms with Gasteiger partial charge in [0.05, 0.1) is 18.8 Å². The minimum atomic E-state index is -0.932. The van der Waals surface area contributed by atoms with Crippen LogP contribution in [0.4, 0.5) is 0 Å². The summed E-state index contributed by atoms with van der Waals surface area (Å²) in [6.07, 6.45) is 7.04. The molecular formula is C22H32O4. The highest BCUT2D eigenvalue weighted by Crippen LogP contribution is 2.54. The maximum atomic E-state index is 12.0. The van der Waals surface area contributed by atoms with Gasteiger partial charge in [0.1, 0.15) is 0 Å². The molecule has 1 aromatic rings. The SMILES string of the molecule is CCOC(=O)C(C)(C)OCc1cccc(C23CCC(OC)(CC2)CC3)c1. The van der Waals surface area contributed by atoms with Gasteiger partial charge in [-0.15, -0.1) is 0 Å². The highest BCUT2D eigenvalue weighted by atomic mass is 16.6. The van der Waals surface area contributed by atoms with Gasteiger partial charge in [0.25, 0.3) is 0 Å². The van der Waals surface area contributed by atoms with Crippen molar-refractivity contribution in [3.8, 4) is 0 Å². The topological polar surface area (TPSA) is 44.8 Å². The molecule has 0 heterocycles. The first-order valence-electron chi connectivity index (χ1n) is 9.81. The molecule has 0 aromatic heterocycles. The quantitative estimate of drug-likeness (QED) is 0.670. The fourth-order valence-electron chi connectivity index (χ4n) is 4.51. The predicted molar refractivity (Wildman–Crippen MR) is 101 cm³/mol. The predicted octanol–water partition coefficient (Wildman–Crippen LogP) is 4.54. The lowest BCUT2D eigenvalue weighted by Gasteiger charge is -2.53. The van der Waals surface area contributed by atoms with Gasteiger partial charge in [-0.25, -0.2) is 4.79 Å². The molecule has 1 aromatic carbocycles. The standard InChI is InChI=1S/C22H32O4/c1-5-25-19(23)20(2,3)26-16-17-7-6-8-18(15-17)21-9-12-22(24-4,13-10-21)14-11-21/h6-8,15H,5,9-14,16H2,1-4H3. The molecule has 0 unspecified atom stereocenters. The molecule has 4 heteroatoms. The van der Waals surface area contributed by atoms with E-state index >= 15 is 0 Å². The second kappa shape index (κ2) is 7.32. The van der Waals surface area contributed by atoms with Gasteiger partial charge in [-0.2, -0.15) is 0 Å². The fourth-order valence-corrected chi connectivity index (χ4v) is 4.51. The van der Waals surface area contributed by atoms with Crippen LogP contribution in [0.2, 0.25) is 0 Å². The van der Waals surface area contributed by atoms with E-state index < -0.39 is 5.60 Å². The zero-order valence-electron chi connectivity index (χ0n) is 16.6. The Balaban J connectivity index is 1.69. The fraction of sp³-hybridized carbons (Fsp3) is 0.682. The molecule has 144 valence electrons. The summed E-state index contributed by atoms with van der Waals surface area (Å²) < 4.78 is 16.8. The largest absolute Gasteiger partial charge is 0.464 e. The number of rotatable bonds is 7. The van der Waals surface area contributed by atoms with Crippen LogP contribution in [-0.4, -0.2) is 30.9 Å². The van der Waals surface area contributed by atoms with Crippen LogP contribution in [0.3, 0.4) is 0 Å². The summed E-state index contributed by atoms with van der Waals surface area (Å²) >= 11 is 0. The van der Waals surface area contributed by atoms with Crippen LogP contribution in [0, 0.1) is 0 Å². The van der Waals surface area contributed by atoms with E-state index in [1.54, 1.807) is 13.8 Å². The number of fused-ring (bicyclic) bond motifs is 3. The van der Waals surface area contributed by atoms with Crippen molar-refractivity contribution in [3.05, 3.63) is 35.4 Å². The van der Waals surface area contributed by atoms with Gasteiger partial charge < -0.3 is 14.2 Å². The van der Waals surface area contributed by atoms with Crippen molar-refractivity contribution in [1.29, 1.82) is 0 Å². The average Bonchev–Trinajstić information content (AvgIpc) is 2.68. The smallest absolute Gasteiger partial charge is 0.337 e. The van der Waals surface area contributed by atoms with Gasteiger partial charge in [0.15, 0.2) is 5.60 Å². The molecule has 0 saturated heterocycles. The number of carbonyl (C=O) groups is 1. The summed E-state index contributed by atoms with van der Waals surface area (Å²) in [5, 5.41) is 0. The Hall–Kier alpha value is -1.39. The summed E-state index contributed by atoms with van der Waals surface area (Å²) in [7, 11) is 1.86. The maximum absolute atomic E-state index is 12.0. The van der Waals surface area contributed by atoms with Crippen LogP contribution in [0.15, 0.2) is 24.3 Å². The summed E-state index contributed by atoms with van der Waals surface area (Å²) in [4.78, 5) is 12.0. The maximum Gasteiger partial charge on any atom is 0.337 e. The lowest BCUT2D eigenvalue weighted by atomic mass is 9.56. The molecule has 3 fully saturated rings. The Kier molecular flexibility index (Phi) is 5.45. The van der Waals surface area contributed by atoms with Gasteiger partial charge in [-0.1, -0.05) is 24.3 Å². The average molecular weight is 360 g/mol. The van der Waals surface area contributed by atoms with Crippen LogP contribution >= 0.6 is 0 Å². The van der Waals surface area contributed by atoms with E-state index in [0.717, 1.165) is 24.8 Å². The van der Waals surface area contributed by atoms with E-state index in [2.05, 4.69) is 24.3 Å². The van der Waals surface area contributed by atoms with Crippen molar-refractivity contribution >= 4 is 5.97 Å². The Labute approximate surface area is 157 Å². The highest BCUT2D eigenvalue weighted by Gasteiger charge is 2.49.